The van der Waals surface area contributed by atoms with Gasteiger partial charge in [0.15, 0.2) is 0 Å². The third-order valence-electron chi connectivity index (χ3n) is 4.15. The fraction of sp³-hybridized carbons (Fsp3) is 0.357. The van der Waals surface area contributed by atoms with Crippen molar-refractivity contribution < 1.29 is 0 Å². The average molecular weight is 294 g/mol. The third-order valence-corrected chi connectivity index (χ3v) is 4.15. The largest absolute Gasteiger partial charge is 0.354 e. The molecule has 0 spiro atoms. The van der Waals surface area contributed by atoms with E-state index in [-0.39, 0.29) is 11.9 Å². The normalized spacial score (nSPS) is 17.2. The first-order chi connectivity index (χ1) is 10.8. The van der Waals surface area contributed by atoms with E-state index in [1.807, 2.05) is 30.1 Å². The predicted octanol–water partition coefficient (Wildman–Crippen LogP) is 0.872. The third kappa shape index (κ3) is 1.90. The van der Waals surface area contributed by atoms with Crippen molar-refractivity contribution in [1.29, 1.82) is 5.26 Å². The zero-order valence-electron chi connectivity index (χ0n) is 12.1. The molecule has 0 amide bonds. The van der Waals surface area contributed by atoms with Crippen molar-refractivity contribution >= 4 is 16.9 Å². The van der Waals surface area contributed by atoms with Crippen molar-refractivity contribution in [3.05, 3.63) is 30.2 Å². The van der Waals surface area contributed by atoms with Crippen LogP contribution in [0.25, 0.3) is 11.0 Å². The molecular weight excluding hydrogens is 280 g/mol. The van der Waals surface area contributed by atoms with E-state index in [4.69, 9.17) is 5.26 Å². The van der Waals surface area contributed by atoms with Gasteiger partial charge in [0.1, 0.15) is 29.7 Å². The summed E-state index contributed by atoms with van der Waals surface area (Å²) in [7, 11) is 2.03. The Bertz CT molecular complexity index is 870. The molecule has 0 aromatic carbocycles. The van der Waals surface area contributed by atoms with E-state index in [2.05, 4.69) is 29.9 Å². The van der Waals surface area contributed by atoms with Gasteiger partial charge < -0.3 is 9.88 Å². The molecule has 3 aromatic rings. The number of hydrogen-bond donors (Lipinski definition) is 1. The van der Waals surface area contributed by atoms with Gasteiger partial charge in [-0.3, -0.25) is 0 Å². The van der Waals surface area contributed by atoms with Crippen LogP contribution in [0.2, 0.25) is 0 Å². The van der Waals surface area contributed by atoms with E-state index < -0.39 is 0 Å². The molecule has 0 aliphatic carbocycles. The van der Waals surface area contributed by atoms with Gasteiger partial charge in [-0.25, -0.2) is 19.6 Å². The zero-order chi connectivity index (χ0) is 15.1. The predicted molar refractivity (Wildman–Crippen MR) is 79.1 cm³/mol. The SMILES string of the molecule is CN(c1ncnc2[nH]ccc12)[C@@H]1CCc2nc(C#N)nn2C1. The fourth-order valence-electron chi connectivity index (χ4n) is 2.97. The summed E-state index contributed by atoms with van der Waals surface area (Å²) in [6, 6.07) is 4.24. The number of aryl methyl sites for hydroxylation is 1. The number of nitrogens with zero attached hydrogens (tertiary/aromatic N) is 7. The van der Waals surface area contributed by atoms with Crippen molar-refractivity contribution in [1.82, 2.24) is 29.7 Å². The molecule has 0 unspecified atom stereocenters. The molecule has 8 nitrogen and oxygen atoms in total. The molecule has 3 aromatic heterocycles. The summed E-state index contributed by atoms with van der Waals surface area (Å²) in [5, 5.41) is 14.1. The van der Waals surface area contributed by atoms with Gasteiger partial charge in [0.25, 0.3) is 5.82 Å². The van der Waals surface area contributed by atoms with Crippen molar-refractivity contribution in [3.63, 3.8) is 0 Å². The van der Waals surface area contributed by atoms with E-state index in [0.717, 1.165) is 35.5 Å². The summed E-state index contributed by atoms with van der Waals surface area (Å²) in [4.78, 5) is 18.1. The van der Waals surface area contributed by atoms with Crippen LogP contribution in [-0.2, 0) is 13.0 Å². The second-order valence-corrected chi connectivity index (χ2v) is 5.39. The molecule has 1 aliphatic rings. The van der Waals surface area contributed by atoms with Crippen LogP contribution in [0.5, 0.6) is 0 Å². The quantitative estimate of drug-likeness (QED) is 0.753. The number of nitrogens with one attached hydrogen (secondary N) is 1. The highest BCUT2D eigenvalue weighted by Crippen LogP contribution is 2.26. The topological polar surface area (TPSA) is 99.3 Å². The van der Waals surface area contributed by atoms with Crippen LogP contribution in [-0.4, -0.2) is 42.8 Å². The van der Waals surface area contributed by atoms with Crippen LogP contribution in [0, 0.1) is 11.3 Å². The molecule has 0 saturated heterocycles. The van der Waals surface area contributed by atoms with Crippen molar-refractivity contribution in [2.75, 3.05) is 11.9 Å². The minimum atomic E-state index is 0.244. The Morgan fingerprint density at radius 2 is 2.36 bits per heavy atom. The van der Waals surface area contributed by atoms with Crippen molar-refractivity contribution in [2.45, 2.75) is 25.4 Å². The average Bonchev–Trinajstić information content (AvgIpc) is 3.18. The van der Waals surface area contributed by atoms with E-state index in [1.165, 1.54) is 0 Å². The highest BCUT2D eigenvalue weighted by molar-refractivity contribution is 5.87. The second kappa shape index (κ2) is 4.80. The minimum Gasteiger partial charge on any atom is -0.354 e. The van der Waals surface area contributed by atoms with Crippen LogP contribution in [0.1, 0.15) is 18.1 Å². The lowest BCUT2D eigenvalue weighted by atomic mass is 10.1. The number of hydrogen-bond acceptors (Lipinski definition) is 6. The molecule has 0 bridgehead atoms. The number of aromatic nitrogens is 6. The van der Waals surface area contributed by atoms with Crippen LogP contribution in [0.3, 0.4) is 0 Å². The van der Waals surface area contributed by atoms with E-state index in [1.54, 1.807) is 6.33 Å². The molecule has 22 heavy (non-hydrogen) atoms. The zero-order valence-corrected chi connectivity index (χ0v) is 12.1. The lowest BCUT2D eigenvalue weighted by molar-refractivity contribution is 0.408. The fourth-order valence-corrected chi connectivity index (χ4v) is 2.97. The van der Waals surface area contributed by atoms with Gasteiger partial charge in [0.2, 0.25) is 0 Å². The Hall–Kier alpha value is -2.95. The number of aromatic amines is 1. The van der Waals surface area contributed by atoms with Crippen LogP contribution in [0.15, 0.2) is 18.6 Å². The summed E-state index contributed by atoms with van der Waals surface area (Å²) in [5.74, 6) is 2.03. The lowest BCUT2D eigenvalue weighted by Gasteiger charge is -2.32. The smallest absolute Gasteiger partial charge is 0.252 e. The first kappa shape index (κ1) is 12.8. The molecule has 1 N–H and O–H groups in total. The summed E-state index contributed by atoms with van der Waals surface area (Å²) in [6.07, 6.45) is 5.20. The van der Waals surface area contributed by atoms with Gasteiger partial charge in [0, 0.05) is 19.7 Å². The summed E-state index contributed by atoms with van der Waals surface area (Å²) in [6.45, 7) is 0.705. The van der Waals surface area contributed by atoms with Gasteiger partial charge in [-0.1, -0.05) is 0 Å². The molecule has 4 rings (SSSR count). The highest BCUT2D eigenvalue weighted by Gasteiger charge is 2.26. The Morgan fingerprint density at radius 3 is 3.23 bits per heavy atom. The monoisotopic (exact) mass is 294 g/mol. The maximum absolute atomic E-state index is 8.92. The van der Waals surface area contributed by atoms with E-state index >= 15 is 0 Å². The summed E-state index contributed by atoms with van der Waals surface area (Å²) in [5.41, 5.74) is 0.834. The molecular formula is C14H14N8. The lowest BCUT2D eigenvalue weighted by Crippen LogP contribution is -2.40. The highest BCUT2D eigenvalue weighted by atomic mass is 15.4. The number of H-pyrrole nitrogens is 1. The second-order valence-electron chi connectivity index (χ2n) is 5.39. The van der Waals surface area contributed by atoms with E-state index in [9.17, 15) is 0 Å². The minimum absolute atomic E-state index is 0.244. The van der Waals surface area contributed by atoms with Crippen molar-refractivity contribution in [2.24, 2.45) is 0 Å². The van der Waals surface area contributed by atoms with Crippen LogP contribution in [0.4, 0.5) is 5.82 Å². The molecule has 0 radical (unpaired) electrons. The van der Waals surface area contributed by atoms with Gasteiger partial charge in [0.05, 0.1) is 18.0 Å². The molecule has 4 heterocycles. The maximum Gasteiger partial charge on any atom is 0.252 e. The van der Waals surface area contributed by atoms with Crippen molar-refractivity contribution in [3.8, 4) is 6.07 Å². The van der Waals surface area contributed by atoms with Gasteiger partial charge in [-0.05, 0) is 12.5 Å². The van der Waals surface area contributed by atoms with Crippen LogP contribution >= 0.6 is 0 Å². The number of fused-ring (bicyclic) bond motifs is 2. The Balaban J connectivity index is 1.65. The molecule has 1 atom stereocenters. The molecule has 0 fully saturated rings. The van der Waals surface area contributed by atoms with E-state index in [0.29, 0.717) is 6.54 Å². The first-order valence-electron chi connectivity index (χ1n) is 7.11. The number of anilines is 1. The molecule has 0 saturated carbocycles. The first-order valence-corrected chi connectivity index (χ1v) is 7.11. The number of nitriles is 1. The van der Waals surface area contributed by atoms with Gasteiger partial charge >= 0.3 is 0 Å². The molecule has 110 valence electrons. The molecule has 1 aliphatic heterocycles. The van der Waals surface area contributed by atoms with Gasteiger partial charge in [-0.2, -0.15) is 5.26 Å². The summed E-state index contributed by atoms with van der Waals surface area (Å²) >= 11 is 0. The maximum atomic E-state index is 8.92. The Morgan fingerprint density at radius 1 is 1.45 bits per heavy atom. The summed E-state index contributed by atoms with van der Waals surface area (Å²) < 4.78 is 1.83. The van der Waals surface area contributed by atoms with Gasteiger partial charge in [-0.15, -0.1) is 5.10 Å². The Labute approximate surface area is 126 Å². The van der Waals surface area contributed by atoms with Crippen LogP contribution < -0.4 is 4.90 Å². The number of rotatable bonds is 2. The molecule has 8 heteroatoms. The number of likely N-dealkylation sites (N-methyl/N-ethyl adjacent to an activating group) is 1. The standard InChI is InChI=1S/C14H14N8/c1-21(14-10-4-5-16-13(10)17-8-18-14)9-2-3-12-19-11(6-15)20-22(12)7-9/h4-5,8-9H,2-3,7H2,1H3,(H,16,17,18)/t9-/m1/s1. The Kier molecular flexibility index (Phi) is 2.79.